The van der Waals surface area contributed by atoms with E-state index in [1.165, 1.54) is 11.1 Å². The predicted octanol–water partition coefficient (Wildman–Crippen LogP) is 3.97. The highest BCUT2D eigenvalue weighted by atomic mass is 16.3. The summed E-state index contributed by atoms with van der Waals surface area (Å²) in [6.07, 6.45) is 1.41. The first kappa shape index (κ1) is 14.2. The van der Waals surface area contributed by atoms with Crippen LogP contribution in [0.5, 0.6) is 0 Å². The van der Waals surface area contributed by atoms with Crippen molar-refractivity contribution in [2.75, 3.05) is 0 Å². The number of benzene rings is 1. The zero-order chi connectivity index (χ0) is 13.1. The zero-order valence-corrected chi connectivity index (χ0v) is 11.8. The van der Waals surface area contributed by atoms with E-state index in [-0.39, 0.29) is 11.5 Å². The maximum Gasteiger partial charge on any atom is 0.0583 e. The predicted molar refractivity (Wildman–Crippen MR) is 74.1 cm³/mol. The molecule has 0 bridgehead atoms. The lowest BCUT2D eigenvalue weighted by atomic mass is 9.78. The second-order valence-corrected chi connectivity index (χ2v) is 6.29. The van der Waals surface area contributed by atoms with Crippen molar-refractivity contribution in [1.29, 1.82) is 0 Å². The lowest BCUT2D eigenvalue weighted by Gasteiger charge is -2.29. The maximum atomic E-state index is 10.2. The van der Waals surface area contributed by atoms with Gasteiger partial charge in [0.15, 0.2) is 0 Å². The van der Waals surface area contributed by atoms with Crippen molar-refractivity contribution in [3.63, 3.8) is 0 Å². The Bertz CT molecular complexity index is 349. The van der Waals surface area contributed by atoms with Crippen LogP contribution in [0.15, 0.2) is 24.3 Å². The van der Waals surface area contributed by atoms with E-state index in [4.69, 9.17) is 0 Å². The fraction of sp³-hybridized carbons (Fsp3) is 0.625. The summed E-state index contributed by atoms with van der Waals surface area (Å²) in [4.78, 5) is 0. The Morgan fingerprint density at radius 1 is 1.18 bits per heavy atom. The quantitative estimate of drug-likeness (QED) is 0.835. The van der Waals surface area contributed by atoms with Crippen LogP contribution >= 0.6 is 0 Å². The average molecular weight is 234 g/mol. The topological polar surface area (TPSA) is 20.2 Å². The Balaban J connectivity index is 2.56. The lowest BCUT2D eigenvalue weighted by Crippen LogP contribution is -2.24. The molecule has 1 rings (SSSR count). The molecule has 1 aromatic rings. The van der Waals surface area contributed by atoms with Gasteiger partial charge in [-0.15, -0.1) is 0 Å². The van der Waals surface area contributed by atoms with E-state index >= 15 is 0 Å². The van der Waals surface area contributed by atoms with Gasteiger partial charge >= 0.3 is 0 Å². The normalized spacial score (nSPS) is 15.6. The maximum absolute atomic E-state index is 10.2. The van der Waals surface area contributed by atoms with E-state index in [0.29, 0.717) is 5.92 Å². The number of hydrogen-bond donors (Lipinski definition) is 1. The van der Waals surface area contributed by atoms with Gasteiger partial charge in [0.1, 0.15) is 0 Å². The highest BCUT2D eigenvalue weighted by molar-refractivity contribution is 5.26. The van der Waals surface area contributed by atoms with Crippen molar-refractivity contribution in [2.24, 2.45) is 11.3 Å². The van der Waals surface area contributed by atoms with Crippen LogP contribution in [-0.2, 0) is 6.42 Å². The first-order chi connectivity index (χ1) is 7.80. The van der Waals surface area contributed by atoms with E-state index in [0.717, 1.165) is 12.8 Å². The van der Waals surface area contributed by atoms with Gasteiger partial charge in [-0.1, -0.05) is 52.0 Å². The van der Waals surface area contributed by atoms with Crippen LogP contribution in [0.1, 0.15) is 45.2 Å². The standard InChI is InChI=1S/C16H26O/c1-12-8-6-7-9-14(12)11-15(17)10-13(2)16(3,4)5/h6-9,13,15,17H,10-11H2,1-5H3. The Kier molecular flexibility index (Phi) is 4.76. The van der Waals surface area contributed by atoms with Crippen LogP contribution < -0.4 is 0 Å². The SMILES string of the molecule is Cc1ccccc1CC(O)CC(C)C(C)(C)C. The average Bonchev–Trinajstić information content (AvgIpc) is 2.20. The highest BCUT2D eigenvalue weighted by Crippen LogP contribution is 2.29. The summed E-state index contributed by atoms with van der Waals surface area (Å²) in [5.74, 6) is 0.529. The minimum atomic E-state index is -0.231. The lowest BCUT2D eigenvalue weighted by molar-refractivity contribution is 0.110. The van der Waals surface area contributed by atoms with Gasteiger partial charge in [0.25, 0.3) is 0 Å². The molecule has 0 spiro atoms. The third kappa shape index (κ3) is 4.51. The summed E-state index contributed by atoms with van der Waals surface area (Å²) in [6.45, 7) is 11.0. The monoisotopic (exact) mass is 234 g/mol. The van der Waals surface area contributed by atoms with E-state index in [9.17, 15) is 5.11 Å². The largest absolute Gasteiger partial charge is 0.393 e. The number of aryl methyl sites for hydroxylation is 1. The van der Waals surface area contributed by atoms with Crippen molar-refractivity contribution in [2.45, 2.75) is 53.6 Å². The molecule has 1 N–H and O–H groups in total. The first-order valence-electron chi connectivity index (χ1n) is 6.53. The minimum Gasteiger partial charge on any atom is -0.393 e. The second-order valence-electron chi connectivity index (χ2n) is 6.29. The van der Waals surface area contributed by atoms with Crippen LogP contribution in [-0.4, -0.2) is 11.2 Å². The number of aliphatic hydroxyl groups excluding tert-OH is 1. The molecule has 17 heavy (non-hydrogen) atoms. The van der Waals surface area contributed by atoms with Gasteiger partial charge in [0.2, 0.25) is 0 Å². The molecule has 0 saturated carbocycles. The molecule has 2 unspecified atom stereocenters. The summed E-state index contributed by atoms with van der Waals surface area (Å²) in [5.41, 5.74) is 2.81. The van der Waals surface area contributed by atoms with Gasteiger partial charge in [-0.25, -0.2) is 0 Å². The number of hydrogen-bond acceptors (Lipinski definition) is 1. The van der Waals surface area contributed by atoms with Gasteiger partial charge in [0.05, 0.1) is 6.10 Å². The molecule has 2 atom stereocenters. The van der Waals surface area contributed by atoms with Crippen molar-refractivity contribution in [3.8, 4) is 0 Å². The number of aliphatic hydroxyl groups is 1. The van der Waals surface area contributed by atoms with Gasteiger partial charge in [0, 0.05) is 0 Å². The molecule has 0 heterocycles. The van der Waals surface area contributed by atoms with Crippen molar-refractivity contribution in [3.05, 3.63) is 35.4 Å². The molecule has 0 aliphatic carbocycles. The summed E-state index contributed by atoms with van der Waals surface area (Å²) < 4.78 is 0. The van der Waals surface area contributed by atoms with Crippen molar-refractivity contribution >= 4 is 0 Å². The van der Waals surface area contributed by atoms with E-state index in [2.05, 4.69) is 46.8 Å². The van der Waals surface area contributed by atoms with Crippen LogP contribution in [0.4, 0.5) is 0 Å². The van der Waals surface area contributed by atoms with Gasteiger partial charge < -0.3 is 5.11 Å². The molecule has 1 nitrogen and oxygen atoms in total. The Labute approximate surface area is 106 Å². The molecule has 1 aromatic carbocycles. The molecule has 0 aromatic heterocycles. The fourth-order valence-corrected chi connectivity index (χ4v) is 1.94. The van der Waals surface area contributed by atoms with Crippen LogP contribution in [0.25, 0.3) is 0 Å². The molecule has 0 radical (unpaired) electrons. The summed E-state index contributed by atoms with van der Waals surface area (Å²) in [7, 11) is 0. The third-order valence-corrected chi connectivity index (χ3v) is 3.82. The fourth-order valence-electron chi connectivity index (χ4n) is 1.94. The molecule has 96 valence electrons. The zero-order valence-electron chi connectivity index (χ0n) is 11.8. The second kappa shape index (κ2) is 5.68. The van der Waals surface area contributed by atoms with E-state index in [1.807, 2.05) is 12.1 Å². The van der Waals surface area contributed by atoms with Gasteiger partial charge in [-0.05, 0) is 42.2 Å². The Hall–Kier alpha value is -0.820. The Morgan fingerprint density at radius 2 is 1.76 bits per heavy atom. The molecule has 1 heteroatoms. The molecular formula is C16H26O. The first-order valence-corrected chi connectivity index (χ1v) is 6.53. The van der Waals surface area contributed by atoms with E-state index in [1.54, 1.807) is 0 Å². The summed E-state index contributed by atoms with van der Waals surface area (Å²) in [6, 6.07) is 8.31. The van der Waals surface area contributed by atoms with Crippen LogP contribution in [0.2, 0.25) is 0 Å². The highest BCUT2D eigenvalue weighted by Gasteiger charge is 2.22. The smallest absolute Gasteiger partial charge is 0.0583 e. The van der Waals surface area contributed by atoms with E-state index < -0.39 is 0 Å². The molecule has 0 saturated heterocycles. The summed E-state index contributed by atoms with van der Waals surface area (Å²) in [5, 5.41) is 10.2. The molecule has 0 amide bonds. The molecule has 0 aliphatic heterocycles. The van der Waals surface area contributed by atoms with Gasteiger partial charge in [-0.2, -0.15) is 0 Å². The molecular weight excluding hydrogens is 208 g/mol. The van der Waals surface area contributed by atoms with Crippen molar-refractivity contribution < 1.29 is 5.11 Å². The summed E-state index contributed by atoms with van der Waals surface area (Å²) >= 11 is 0. The van der Waals surface area contributed by atoms with Crippen LogP contribution in [0, 0.1) is 18.3 Å². The Morgan fingerprint density at radius 3 is 2.29 bits per heavy atom. The van der Waals surface area contributed by atoms with Crippen LogP contribution in [0.3, 0.4) is 0 Å². The minimum absolute atomic E-state index is 0.231. The molecule has 0 fully saturated rings. The number of rotatable bonds is 4. The van der Waals surface area contributed by atoms with Gasteiger partial charge in [-0.3, -0.25) is 0 Å². The molecule has 0 aliphatic rings. The van der Waals surface area contributed by atoms with Crippen molar-refractivity contribution in [1.82, 2.24) is 0 Å². The third-order valence-electron chi connectivity index (χ3n) is 3.82.